The molecule has 0 fully saturated rings. The Hall–Kier alpha value is -3.14. The van der Waals surface area contributed by atoms with Crippen molar-refractivity contribution in [2.75, 3.05) is 11.8 Å². The van der Waals surface area contributed by atoms with E-state index >= 15 is 0 Å². The van der Waals surface area contributed by atoms with Crippen molar-refractivity contribution in [2.45, 2.75) is 17.9 Å². The van der Waals surface area contributed by atoms with Crippen LogP contribution in [0.5, 0.6) is 5.75 Å². The summed E-state index contributed by atoms with van der Waals surface area (Å²) in [5.41, 5.74) is -0.148. The van der Waals surface area contributed by atoms with Crippen LogP contribution in [0.15, 0.2) is 53.4 Å². The number of amides is 1. The maximum Gasteiger partial charge on any atom is 0.271 e. The molecule has 0 unspecified atom stereocenters. The van der Waals surface area contributed by atoms with Crippen molar-refractivity contribution in [1.82, 2.24) is 5.32 Å². The van der Waals surface area contributed by atoms with Crippen LogP contribution in [0.25, 0.3) is 0 Å². The van der Waals surface area contributed by atoms with Crippen molar-refractivity contribution in [2.24, 2.45) is 0 Å². The van der Waals surface area contributed by atoms with Gasteiger partial charge in [-0.25, -0.2) is 8.42 Å². The molecule has 2 aromatic carbocycles. The zero-order valence-electron chi connectivity index (χ0n) is 14.0. The van der Waals surface area contributed by atoms with Gasteiger partial charge in [0.25, 0.3) is 21.6 Å². The molecule has 0 spiro atoms. The number of nitrogens with one attached hydrogen (secondary N) is 2. The number of non-ortho nitro benzene ring substituents is 1. The molecule has 1 atom stereocenters. The van der Waals surface area contributed by atoms with E-state index in [1.54, 1.807) is 6.92 Å². The molecule has 0 saturated heterocycles. The average molecular weight is 379 g/mol. The molecule has 2 aromatic rings. The fourth-order valence-corrected chi connectivity index (χ4v) is 3.10. The summed E-state index contributed by atoms with van der Waals surface area (Å²) in [6, 6.07) is 10.6. The molecule has 138 valence electrons. The van der Waals surface area contributed by atoms with Crippen LogP contribution in [0.1, 0.15) is 6.92 Å². The first kappa shape index (κ1) is 19.2. The second-order valence-corrected chi connectivity index (χ2v) is 6.94. The highest BCUT2D eigenvalue weighted by Crippen LogP contribution is 2.22. The van der Waals surface area contributed by atoms with E-state index in [0.29, 0.717) is 5.75 Å². The summed E-state index contributed by atoms with van der Waals surface area (Å²) in [6.07, 6.45) is -0.731. The normalized spacial score (nSPS) is 12.1. The average Bonchev–Trinajstić information content (AvgIpc) is 2.61. The quantitative estimate of drug-likeness (QED) is 0.559. The standard InChI is InChI=1S/C16H17N3O6S/c1-11(16(20)17-2)25-14-6-8-15(9-7-14)26(23,24)18-12-4-3-5-13(10-12)19(21)22/h3-11,18H,1-2H3,(H,17,20)/t11-/m1/s1. The maximum absolute atomic E-state index is 12.4. The van der Waals surface area contributed by atoms with Gasteiger partial charge in [0.1, 0.15) is 5.75 Å². The molecule has 0 radical (unpaired) electrons. The van der Waals surface area contributed by atoms with Gasteiger partial charge in [0.2, 0.25) is 0 Å². The van der Waals surface area contributed by atoms with Crippen LogP contribution in [0, 0.1) is 10.1 Å². The van der Waals surface area contributed by atoms with Crippen molar-refractivity contribution in [3.8, 4) is 5.75 Å². The maximum atomic E-state index is 12.4. The number of ether oxygens (including phenoxy) is 1. The number of hydrogen-bond acceptors (Lipinski definition) is 6. The Morgan fingerprint density at radius 1 is 1.19 bits per heavy atom. The van der Waals surface area contributed by atoms with Gasteiger partial charge >= 0.3 is 0 Å². The van der Waals surface area contributed by atoms with Crippen LogP contribution in [-0.4, -0.2) is 32.4 Å². The summed E-state index contributed by atoms with van der Waals surface area (Å²) in [5.74, 6) is 0.0180. The first-order valence-corrected chi connectivity index (χ1v) is 8.97. The second-order valence-electron chi connectivity index (χ2n) is 5.26. The highest BCUT2D eigenvalue weighted by atomic mass is 32.2. The molecule has 2 N–H and O–H groups in total. The Morgan fingerprint density at radius 2 is 1.85 bits per heavy atom. The zero-order chi connectivity index (χ0) is 19.3. The van der Waals surface area contributed by atoms with Gasteiger partial charge in [-0.1, -0.05) is 6.07 Å². The Balaban J connectivity index is 2.15. The highest BCUT2D eigenvalue weighted by Gasteiger charge is 2.17. The van der Waals surface area contributed by atoms with Gasteiger partial charge in [-0.15, -0.1) is 0 Å². The van der Waals surface area contributed by atoms with Crippen LogP contribution < -0.4 is 14.8 Å². The monoisotopic (exact) mass is 379 g/mol. The topological polar surface area (TPSA) is 128 Å². The third-order valence-electron chi connectivity index (χ3n) is 3.37. The van der Waals surface area contributed by atoms with E-state index in [4.69, 9.17) is 4.74 Å². The smallest absolute Gasteiger partial charge is 0.271 e. The Kier molecular flexibility index (Phi) is 5.78. The third-order valence-corrected chi connectivity index (χ3v) is 4.77. The van der Waals surface area contributed by atoms with Crippen LogP contribution in [0.4, 0.5) is 11.4 Å². The largest absolute Gasteiger partial charge is 0.481 e. The van der Waals surface area contributed by atoms with E-state index < -0.39 is 21.1 Å². The Bertz CT molecular complexity index is 912. The molecule has 0 aliphatic carbocycles. The number of sulfonamides is 1. The predicted octanol–water partition coefficient (Wildman–Crippen LogP) is 1.91. The number of carbonyl (C=O) groups excluding carboxylic acids is 1. The van der Waals surface area contributed by atoms with Crippen LogP contribution in [0.2, 0.25) is 0 Å². The molecular formula is C16H17N3O6S. The summed E-state index contributed by atoms with van der Waals surface area (Å²) >= 11 is 0. The number of carbonyl (C=O) groups is 1. The minimum Gasteiger partial charge on any atom is -0.481 e. The van der Waals surface area contributed by atoms with E-state index in [1.165, 1.54) is 49.5 Å². The number of nitrogens with zero attached hydrogens (tertiary/aromatic N) is 1. The first-order chi connectivity index (χ1) is 12.2. The van der Waals surface area contributed by atoms with Crippen molar-refractivity contribution < 1.29 is 22.9 Å². The second kappa shape index (κ2) is 7.83. The van der Waals surface area contributed by atoms with Gasteiger partial charge in [-0.3, -0.25) is 19.6 Å². The number of rotatable bonds is 7. The van der Waals surface area contributed by atoms with E-state index in [2.05, 4.69) is 10.0 Å². The summed E-state index contributed by atoms with van der Waals surface area (Å²) in [5, 5.41) is 13.2. The summed E-state index contributed by atoms with van der Waals surface area (Å²) in [6.45, 7) is 1.56. The zero-order valence-corrected chi connectivity index (χ0v) is 14.8. The van der Waals surface area contributed by atoms with Crippen LogP contribution in [-0.2, 0) is 14.8 Å². The molecule has 0 aliphatic heterocycles. The van der Waals surface area contributed by atoms with E-state index in [0.717, 1.165) is 6.07 Å². The van der Waals surface area contributed by atoms with Gasteiger partial charge in [0, 0.05) is 19.2 Å². The number of anilines is 1. The van der Waals surface area contributed by atoms with Gasteiger partial charge < -0.3 is 10.1 Å². The molecular weight excluding hydrogens is 362 g/mol. The fourth-order valence-electron chi connectivity index (χ4n) is 2.06. The van der Waals surface area contributed by atoms with Crippen molar-refractivity contribution in [3.05, 3.63) is 58.6 Å². The number of benzene rings is 2. The summed E-state index contributed by atoms with van der Waals surface area (Å²) in [7, 11) is -2.45. The van der Waals surface area contributed by atoms with Gasteiger partial charge in [-0.05, 0) is 37.3 Å². The molecule has 0 saturated carbocycles. The van der Waals surface area contributed by atoms with Crippen molar-refractivity contribution >= 4 is 27.3 Å². The molecule has 1 amide bonds. The SMILES string of the molecule is CNC(=O)[C@@H](C)Oc1ccc(S(=O)(=O)Nc2cccc([N+](=O)[O-])c2)cc1. The lowest BCUT2D eigenvalue weighted by molar-refractivity contribution is -0.384. The number of nitro groups is 1. The van der Waals surface area contributed by atoms with Crippen LogP contribution in [0.3, 0.4) is 0 Å². The third kappa shape index (κ3) is 4.70. The number of likely N-dealkylation sites (N-methyl/N-ethyl adjacent to an activating group) is 1. The molecule has 9 nitrogen and oxygen atoms in total. The van der Waals surface area contributed by atoms with Crippen molar-refractivity contribution in [1.29, 1.82) is 0 Å². The molecule has 2 rings (SSSR count). The Labute approximate surface area is 150 Å². The van der Waals surface area contributed by atoms with E-state index in [9.17, 15) is 23.3 Å². The Morgan fingerprint density at radius 3 is 2.42 bits per heavy atom. The molecule has 26 heavy (non-hydrogen) atoms. The summed E-state index contributed by atoms with van der Waals surface area (Å²) in [4.78, 5) is 21.5. The van der Waals surface area contributed by atoms with Gasteiger partial charge in [-0.2, -0.15) is 0 Å². The molecule has 0 aromatic heterocycles. The fraction of sp³-hybridized carbons (Fsp3) is 0.188. The first-order valence-electron chi connectivity index (χ1n) is 7.48. The highest BCUT2D eigenvalue weighted by molar-refractivity contribution is 7.92. The van der Waals surface area contributed by atoms with Gasteiger partial charge in [0.15, 0.2) is 6.10 Å². The van der Waals surface area contributed by atoms with E-state index in [-0.39, 0.29) is 22.2 Å². The molecule has 0 aliphatic rings. The molecule has 10 heteroatoms. The lowest BCUT2D eigenvalue weighted by atomic mass is 10.3. The minimum absolute atomic E-state index is 0.0519. The molecule has 0 heterocycles. The predicted molar refractivity (Wildman–Crippen MR) is 94.5 cm³/mol. The lowest BCUT2D eigenvalue weighted by Gasteiger charge is -2.13. The molecule has 0 bridgehead atoms. The van der Waals surface area contributed by atoms with Gasteiger partial charge in [0.05, 0.1) is 15.5 Å². The van der Waals surface area contributed by atoms with Crippen molar-refractivity contribution in [3.63, 3.8) is 0 Å². The lowest BCUT2D eigenvalue weighted by Crippen LogP contribution is -2.33. The number of nitro benzene ring substituents is 1. The van der Waals surface area contributed by atoms with E-state index in [1.807, 2.05) is 0 Å². The number of hydrogen-bond donors (Lipinski definition) is 2. The van der Waals surface area contributed by atoms with Crippen LogP contribution >= 0.6 is 0 Å². The summed E-state index contributed by atoms with van der Waals surface area (Å²) < 4.78 is 32.4. The minimum atomic E-state index is -3.93.